The van der Waals surface area contributed by atoms with Crippen LogP contribution in [0.4, 0.5) is 0 Å². The Labute approximate surface area is 104 Å². The number of carbonyl (C=O) groups is 1. The number of rotatable bonds is 5. The van der Waals surface area contributed by atoms with Crippen molar-refractivity contribution >= 4 is 5.91 Å². The highest BCUT2D eigenvalue weighted by Crippen LogP contribution is 2.11. The Morgan fingerprint density at radius 3 is 2.65 bits per heavy atom. The molecule has 1 aromatic carbocycles. The first-order chi connectivity index (χ1) is 8.08. The average molecular weight is 234 g/mol. The molecule has 0 aromatic heterocycles. The summed E-state index contributed by atoms with van der Waals surface area (Å²) in [5.74, 6) is 0.295. The van der Waals surface area contributed by atoms with Crippen LogP contribution in [0.15, 0.2) is 24.3 Å². The van der Waals surface area contributed by atoms with Crippen molar-refractivity contribution in [2.24, 2.45) is 11.7 Å². The van der Waals surface area contributed by atoms with Crippen molar-refractivity contribution in [1.29, 1.82) is 0 Å². The lowest BCUT2D eigenvalue weighted by Gasteiger charge is -2.21. The molecule has 0 heterocycles. The fourth-order valence-electron chi connectivity index (χ4n) is 1.76. The topological polar surface area (TPSA) is 46.3 Å². The molecule has 17 heavy (non-hydrogen) atoms. The Kier molecular flexibility index (Phi) is 5.16. The molecule has 3 heteroatoms. The molecule has 1 amide bonds. The lowest BCUT2D eigenvalue weighted by atomic mass is 10.1. The first kappa shape index (κ1) is 13.7. The molecule has 0 radical (unpaired) electrons. The molecule has 0 saturated carbocycles. The molecule has 1 rings (SSSR count). The fraction of sp³-hybridized carbons (Fsp3) is 0.500. The van der Waals surface area contributed by atoms with Gasteiger partial charge < -0.3 is 10.6 Å². The summed E-state index contributed by atoms with van der Waals surface area (Å²) >= 11 is 0. The van der Waals surface area contributed by atoms with Crippen molar-refractivity contribution < 1.29 is 4.79 Å². The Hall–Kier alpha value is -1.35. The third-order valence-corrected chi connectivity index (χ3v) is 3.06. The van der Waals surface area contributed by atoms with Crippen molar-refractivity contribution in [1.82, 2.24) is 4.90 Å². The van der Waals surface area contributed by atoms with Crippen molar-refractivity contribution in [3.63, 3.8) is 0 Å². The number of carbonyl (C=O) groups excluding carboxylic acids is 1. The third-order valence-electron chi connectivity index (χ3n) is 3.06. The van der Waals surface area contributed by atoms with Gasteiger partial charge in [-0.1, -0.05) is 38.1 Å². The van der Waals surface area contributed by atoms with Crippen LogP contribution in [0.5, 0.6) is 0 Å². The second kappa shape index (κ2) is 6.40. The van der Waals surface area contributed by atoms with Crippen LogP contribution in [0.2, 0.25) is 0 Å². The monoisotopic (exact) mass is 234 g/mol. The molecule has 1 aromatic rings. The SMILES string of the molecule is CCC(C)C(=O)N(C)Cc1cccc(CN)c1. The molecular formula is C14H22N2O. The van der Waals surface area contributed by atoms with E-state index in [0.717, 1.165) is 17.5 Å². The highest BCUT2D eigenvalue weighted by molar-refractivity contribution is 5.78. The Morgan fingerprint density at radius 2 is 2.06 bits per heavy atom. The summed E-state index contributed by atoms with van der Waals surface area (Å²) in [5.41, 5.74) is 7.83. The second-order valence-corrected chi connectivity index (χ2v) is 4.53. The third kappa shape index (κ3) is 3.86. The van der Waals surface area contributed by atoms with Gasteiger partial charge in [0, 0.05) is 26.1 Å². The van der Waals surface area contributed by atoms with Crippen LogP contribution >= 0.6 is 0 Å². The Morgan fingerprint density at radius 1 is 1.41 bits per heavy atom. The predicted octanol–water partition coefficient (Wildman–Crippen LogP) is 2.15. The molecule has 0 spiro atoms. The summed E-state index contributed by atoms with van der Waals surface area (Å²) in [6, 6.07) is 8.07. The van der Waals surface area contributed by atoms with Crippen molar-refractivity contribution in [3.05, 3.63) is 35.4 Å². The van der Waals surface area contributed by atoms with Crippen LogP contribution in [0.3, 0.4) is 0 Å². The van der Waals surface area contributed by atoms with E-state index >= 15 is 0 Å². The predicted molar refractivity (Wildman–Crippen MR) is 70.3 cm³/mol. The number of benzene rings is 1. The van der Waals surface area contributed by atoms with E-state index in [1.54, 1.807) is 4.90 Å². The molecule has 2 N–H and O–H groups in total. The first-order valence-electron chi connectivity index (χ1n) is 6.11. The van der Waals surface area contributed by atoms with Crippen LogP contribution in [0.1, 0.15) is 31.4 Å². The summed E-state index contributed by atoms with van der Waals surface area (Å²) < 4.78 is 0. The molecule has 0 aliphatic heterocycles. The minimum Gasteiger partial charge on any atom is -0.341 e. The highest BCUT2D eigenvalue weighted by Gasteiger charge is 2.15. The highest BCUT2D eigenvalue weighted by atomic mass is 16.2. The maximum Gasteiger partial charge on any atom is 0.225 e. The molecule has 0 fully saturated rings. The minimum atomic E-state index is 0.0951. The molecule has 1 unspecified atom stereocenters. The smallest absolute Gasteiger partial charge is 0.225 e. The van der Waals surface area contributed by atoms with E-state index in [4.69, 9.17) is 5.73 Å². The van der Waals surface area contributed by atoms with Gasteiger partial charge in [-0.05, 0) is 17.5 Å². The molecule has 0 saturated heterocycles. The molecular weight excluding hydrogens is 212 g/mol. The summed E-state index contributed by atoms with van der Waals surface area (Å²) in [7, 11) is 1.85. The zero-order valence-corrected chi connectivity index (χ0v) is 10.9. The lowest BCUT2D eigenvalue weighted by Crippen LogP contribution is -2.30. The number of nitrogens with zero attached hydrogens (tertiary/aromatic N) is 1. The van der Waals surface area contributed by atoms with E-state index in [2.05, 4.69) is 6.07 Å². The van der Waals surface area contributed by atoms with Crippen LogP contribution < -0.4 is 5.73 Å². The molecule has 94 valence electrons. The van der Waals surface area contributed by atoms with Gasteiger partial charge in [0.25, 0.3) is 0 Å². The van der Waals surface area contributed by atoms with Gasteiger partial charge in [0.05, 0.1) is 0 Å². The zero-order chi connectivity index (χ0) is 12.8. The number of nitrogens with two attached hydrogens (primary N) is 1. The Balaban J connectivity index is 2.67. The normalized spacial score (nSPS) is 12.2. The summed E-state index contributed by atoms with van der Waals surface area (Å²) in [5, 5.41) is 0. The van der Waals surface area contributed by atoms with Crippen molar-refractivity contribution in [2.45, 2.75) is 33.4 Å². The van der Waals surface area contributed by atoms with Crippen LogP contribution in [-0.2, 0) is 17.9 Å². The van der Waals surface area contributed by atoms with E-state index in [9.17, 15) is 4.79 Å². The maximum atomic E-state index is 11.9. The quantitative estimate of drug-likeness (QED) is 0.848. The number of hydrogen-bond acceptors (Lipinski definition) is 2. The fourth-order valence-corrected chi connectivity index (χ4v) is 1.76. The van der Waals surface area contributed by atoms with Crippen LogP contribution in [-0.4, -0.2) is 17.9 Å². The lowest BCUT2D eigenvalue weighted by molar-refractivity contribution is -0.134. The number of amides is 1. The zero-order valence-electron chi connectivity index (χ0n) is 10.9. The number of hydrogen-bond donors (Lipinski definition) is 1. The van der Waals surface area contributed by atoms with Crippen molar-refractivity contribution in [2.75, 3.05) is 7.05 Å². The largest absolute Gasteiger partial charge is 0.341 e. The molecule has 0 aliphatic rings. The van der Waals surface area contributed by atoms with Gasteiger partial charge in [0.15, 0.2) is 0 Å². The van der Waals surface area contributed by atoms with Gasteiger partial charge in [0.2, 0.25) is 5.91 Å². The van der Waals surface area contributed by atoms with Crippen molar-refractivity contribution in [3.8, 4) is 0 Å². The van der Waals surface area contributed by atoms with Gasteiger partial charge >= 0.3 is 0 Å². The summed E-state index contributed by atoms with van der Waals surface area (Å²) in [4.78, 5) is 13.7. The summed E-state index contributed by atoms with van der Waals surface area (Å²) in [6.45, 7) is 5.19. The maximum absolute atomic E-state index is 11.9. The molecule has 3 nitrogen and oxygen atoms in total. The van der Waals surface area contributed by atoms with Crippen LogP contribution in [0, 0.1) is 5.92 Å². The summed E-state index contributed by atoms with van der Waals surface area (Å²) in [6.07, 6.45) is 0.881. The molecule has 1 atom stereocenters. The average Bonchev–Trinajstić information content (AvgIpc) is 2.37. The molecule has 0 aliphatic carbocycles. The Bertz CT molecular complexity index is 376. The van der Waals surface area contributed by atoms with E-state index in [0.29, 0.717) is 13.1 Å². The van der Waals surface area contributed by atoms with Crippen LogP contribution in [0.25, 0.3) is 0 Å². The molecule has 0 bridgehead atoms. The minimum absolute atomic E-state index is 0.0951. The van der Waals surface area contributed by atoms with Gasteiger partial charge in [0.1, 0.15) is 0 Å². The van der Waals surface area contributed by atoms with Gasteiger partial charge in [-0.3, -0.25) is 4.79 Å². The second-order valence-electron chi connectivity index (χ2n) is 4.53. The van der Waals surface area contributed by atoms with E-state index < -0.39 is 0 Å². The standard InChI is InChI=1S/C14H22N2O/c1-4-11(2)14(17)16(3)10-13-7-5-6-12(8-13)9-15/h5-8,11H,4,9-10,15H2,1-3H3. The van der Waals surface area contributed by atoms with E-state index in [1.165, 1.54) is 0 Å². The van der Waals surface area contributed by atoms with Gasteiger partial charge in [-0.25, -0.2) is 0 Å². The van der Waals surface area contributed by atoms with Gasteiger partial charge in [-0.15, -0.1) is 0 Å². The van der Waals surface area contributed by atoms with E-state index in [-0.39, 0.29) is 11.8 Å². The first-order valence-corrected chi connectivity index (χ1v) is 6.11. The van der Waals surface area contributed by atoms with Gasteiger partial charge in [-0.2, -0.15) is 0 Å². The van der Waals surface area contributed by atoms with E-state index in [1.807, 2.05) is 39.1 Å².